The molecule has 2 aliphatic heterocycles. The smallest absolute Gasteiger partial charge is 0.191 e. The van der Waals surface area contributed by atoms with Gasteiger partial charge in [0.15, 0.2) is 5.96 Å². The molecule has 0 spiro atoms. The van der Waals surface area contributed by atoms with E-state index in [9.17, 15) is 0 Å². The van der Waals surface area contributed by atoms with Crippen molar-refractivity contribution in [2.75, 3.05) is 45.8 Å². The van der Waals surface area contributed by atoms with E-state index in [0.717, 1.165) is 62.5 Å². The molecule has 2 N–H and O–H groups in total. The fourth-order valence-electron chi connectivity index (χ4n) is 4.55. The molecule has 1 aromatic carbocycles. The first kappa shape index (κ1) is 23.4. The van der Waals surface area contributed by atoms with Crippen LogP contribution in [-0.4, -0.2) is 67.6 Å². The van der Waals surface area contributed by atoms with Gasteiger partial charge in [-0.15, -0.1) is 0 Å². The topological polar surface area (TPSA) is 42.9 Å². The molecular weight excluding hydrogens is 394 g/mol. The van der Waals surface area contributed by atoms with E-state index in [4.69, 9.17) is 16.6 Å². The van der Waals surface area contributed by atoms with Crippen molar-refractivity contribution >= 4 is 17.6 Å². The molecule has 1 aromatic rings. The van der Waals surface area contributed by atoms with Crippen molar-refractivity contribution in [2.45, 2.75) is 58.5 Å². The highest BCUT2D eigenvalue weighted by Gasteiger charge is 2.21. The predicted octanol–water partition coefficient (Wildman–Crippen LogP) is 3.98. The normalized spacial score (nSPS) is 20.4. The average molecular weight is 434 g/mol. The monoisotopic (exact) mass is 433 g/mol. The summed E-state index contributed by atoms with van der Waals surface area (Å²) >= 11 is 6.00. The number of benzene rings is 1. The predicted molar refractivity (Wildman–Crippen MR) is 128 cm³/mol. The van der Waals surface area contributed by atoms with Crippen molar-refractivity contribution in [2.24, 2.45) is 10.9 Å². The lowest BCUT2D eigenvalue weighted by atomic mass is 9.94. The number of hydrogen-bond donors (Lipinski definition) is 2. The molecule has 2 saturated heterocycles. The second-order valence-corrected chi connectivity index (χ2v) is 9.18. The lowest BCUT2D eigenvalue weighted by molar-refractivity contribution is 0.188. The van der Waals surface area contributed by atoms with Crippen molar-refractivity contribution in [3.63, 3.8) is 0 Å². The molecule has 6 heteroatoms. The summed E-state index contributed by atoms with van der Waals surface area (Å²) in [6.45, 7) is 13.2. The number of halogens is 1. The van der Waals surface area contributed by atoms with Gasteiger partial charge >= 0.3 is 0 Å². The molecule has 0 bridgehead atoms. The van der Waals surface area contributed by atoms with Gasteiger partial charge in [0.05, 0.1) is 0 Å². The Morgan fingerprint density at radius 1 is 1.00 bits per heavy atom. The second-order valence-electron chi connectivity index (χ2n) is 8.75. The van der Waals surface area contributed by atoms with E-state index in [0.29, 0.717) is 6.04 Å². The minimum absolute atomic E-state index is 0.511. The number of aliphatic imine (C=N–C) groups is 1. The van der Waals surface area contributed by atoms with Gasteiger partial charge < -0.3 is 15.5 Å². The van der Waals surface area contributed by atoms with Crippen LogP contribution in [0.25, 0.3) is 0 Å². The molecule has 2 heterocycles. The highest BCUT2D eigenvalue weighted by molar-refractivity contribution is 6.30. The molecule has 3 rings (SSSR count). The summed E-state index contributed by atoms with van der Waals surface area (Å²) in [5.74, 6) is 1.84. The largest absolute Gasteiger partial charge is 0.357 e. The van der Waals surface area contributed by atoms with Gasteiger partial charge in [-0.1, -0.05) is 30.7 Å². The number of nitrogens with zero attached hydrogens (tertiary/aromatic N) is 3. The van der Waals surface area contributed by atoms with Crippen molar-refractivity contribution < 1.29 is 0 Å². The molecule has 0 unspecified atom stereocenters. The molecule has 2 fully saturated rings. The van der Waals surface area contributed by atoms with Crippen LogP contribution in [0.5, 0.6) is 0 Å². The van der Waals surface area contributed by atoms with E-state index in [1.54, 1.807) is 0 Å². The Kier molecular flexibility index (Phi) is 9.76. The zero-order valence-corrected chi connectivity index (χ0v) is 19.6. The van der Waals surface area contributed by atoms with Crippen LogP contribution in [0, 0.1) is 5.92 Å². The third kappa shape index (κ3) is 7.75. The zero-order valence-electron chi connectivity index (χ0n) is 18.9. The quantitative estimate of drug-likeness (QED) is 0.480. The van der Waals surface area contributed by atoms with E-state index in [2.05, 4.69) is 46.4 Å². The first-order valence-corrected chi connectivity index (χ1v) is 12.3. The number of piperidine rings is 2. The number of hydrogen-bond acceptors (Lipinski definition) is 3. The number of nitrogens with one attached hydrogen (secondary N) is 2. The van der Waals surface area contributed by atoms with Crippen molar-refractivity contribution in [3.05, 3.63) is 34.9 Å². The Bertz CT molecular complexity index is 632. The van der Waals surface area contributed by atoms with Crippen LogP contribution in [0.2, 0.25) is 5.02 Å². The van der Waals surface area contributed by atoms with Crippen LogP contribution >= 0.6 is 11.6 Å². The van der Waals surface area contributed by atoms with Gasteiger partial charge in [-0.05, 0) is 82.3 Å². The van der Waals surface area contributed by atoms with Gasteiger partial charge in [-0.3, -0.25) is 9.89 Å². The van der Waals surface area contributed by atoms with E-state index < -0.39 is 0 Å². The highest BCUT2D eigenvalue weighted by Crippen LogP contribution is 2.20. The van der Waals surface area contributed by atoms with Crippen molar-refractivity contribution in [1.29, 1.82) is 0 Å². The van der Waals surface area contributed by atoms with E-state index in [-0.39, 0.29) is 0 Å². The van der Waals surface area contributed by atoms with Crippen LogP contribution in [0.4, 0.5) is 0 Å². The Morgan fingerprint density at radius 2 is 1.67 bits per heavy atom. The van der Waals surface area contributed by atoms with E-state index in [1.807, 2.05) is 12.1 Å². The Labute approximate surface area is 188 Å². The van der Waals surface area contributed by atoms with Gasteiger partial charge in [0, 0.05) is 43.8 Å². The number of likely N-dealkylation sites (tertiary alicyclic amines) is 2. The zero-order chi connectivity index (χ0) is 21.2. The van der Waals surface area contributed by atoms with Crippen LogP contribution < -0.4 is 10.6 Å². The standard InChI is InChI=1S/C24H40ClN5/c1-3-26-24(27-14-9-20-10-15-29(4-2)16-11-20)28-23-12-17-30(18-13-23)19-21-5-7-22(25)8-6-21/h5-8,20,23H,3-4,9-19H2,1-2H3,(H2,26,27,28). The van der Waals surface area contributed by atoms with Gasteiger partial charge in [-0.25, -0.2) is 0 Å². The fourth-order valence-corrected chi connectivity index (χ4v) is 4.67. The Hall–Kier alpha value is -1.30. The highest BCUT2D eigenvalue weighted by atomic mass is 35.5. The molecule has 0 aromatic heterocycles. The summed E-state index contributed by atoms with van der Waals surface area (Å²) in [5.41, 5.74) is 1.34. The van der Waals surface area contributed by atoms with E-state index >= 15 is 0 Å². The summed E-state index contributed by atoms with van der Waals surface area (Å²) in [7, 11) is 0. The lowest BCUT2D eigenvalue weighted by Gasteiger charge is -2.33. The molecule has 2 aliphatic rings. The molecular formula is C24H40ClN5. The van der Waals surface area contributed by atoms with Crippen molar-refractivity contribution in [3.8, 4) is 0 Å². The number of guanidine groups is 1. The maximum atomic E-state index is 6.00. The van der Waals surface area contributed by atoms with Crippen molar-refractivity contribution in [1.82, 2.24) is 20.4 Å². The minimum Gasteiger partial charge on any atom is -0.357 e. The molecule has 0 radical (unpaired) electrons. The van der Waals surface area contributed by atoms with Gasteiger partial charge in [0.2, 0.25) is 0 Å². The third-order valence-corrected chi connectivity index (χ3v) is 6.81. The molecule has 30 heavy (non-hydrogen) atoms. The van der Waals surface area contributed by atoms with Crippen LogP contribution in [0.1, 0.15) is 51.5 Å². The van der Waals surface area contributed by atoms with E-state index in [1.165, 1.54) is 44.5 Å². The first-order valence-electron chi connectivity index (χ1n) is 11.9. The maximum Gasteiger partial charge on any atom is 0.191 e. The van der Waals surface area contributed by atoms with Gasteiger partial charge in [0.25, 0.3) is 0 Å². The fraction of sp³-hybridized carbons (Fsp3) is 0.708. The summed E-state index contributed by atoms with van der Waals surface area (Å²) in [6.07, 6.45) is 6.20. The van der Waals surface area contributed by atoms with Gasteiger partial charge in [-0.2, -0.15) is 0 Å². The van der Waals surface area contributed by atoms with Crippen LogP contribution in [-0.2, 0) is 6.54 Å². The molecule has 0 aliphatic carbocycles. The average Bonchev–Trinajstić information content (AvgIpc) is 2.77. The van der Waals surface area contributed by atoms with Gasteiger partial charge in [0.1, 0.15) is 0 Å². The summed E-state index contributed by atoms with van der Waals surface area (Å²) in [5, 5.41) is 7.94. The second kappa shape index (κ2) is 12.5. The first-order chi connectivity index (χ1) is 14.7. The molecule has 5 nitrogen and oxygen atoms in total. The molecule has 0 amide bonds. The van der Waals surface area contributed by atoms with Crippen LogP contribution in [0.3, 0.4) is 0 Å². The summed E-state index contributed by atoms with van der Waals surface area (Å²) in [6, 6.07) is 8.75. The minimum atomic E-state index is 0.511. The molecule has 168 valence electrons. The third-order valence-electron chi connectivity index (χ3n) is 6.55. The SMILES string of the molecule is CCNC(=NCCC1CCN(CC)CC1)NC1CCN(Cc2ccc(Cl)cc2)CC1. The maximum absolute atomic E-state index is 6.00. The summed E-state index contributed by atoms with van der Waals surface area (Å²) < 4.78 is 0. The Morgan fingerprint density at radius 3 is 2.30 bits per heavy atom. The van der Waals surface area contributed by atoms with Crippen LogP contribution in [0.15, 0.2) is 29.3 Å². The number of rotatable bonds is 8. The summed E-state index contributed by atoms with van der Waals surface area (Å²) in [4.78, 5) is 9.99. The molecule has 0 atom stereocenters. The lowest BCUT2D eigenvalue weighted by Crippen LogP contribution is -2.48. The molecule has 0 saturated carbocycles. The Balaban J connectivity index is 1.38.